The number of rotatable bonds is 4. The summed E-state index contributed by atoms with van der Waals surface area (Å²) in [5.41, 5.74) is 1.55. The van der Waals surface area contributed by atoms with Crippen LogP contribution in [0.4, 0.5) is 11.5 Å². The van der Waals surface area contributed by atoms with Gasteiger partial charge in [0.25, 0.3) is 0 Å². The molecule has 1 aromatic carbocycles. The van der Waals surface area contributed by atoms with Crippen LogP contribution in [0.1, 0.15) is 10.4 Å². The molecule has 0 unspecified atom stereocenters. The van der Waals surface area contributed by atoms with Gasteiger partial charge in [-0.05, 0) is 31.5 Å². The van der Waals surface area contributed by atoms with Gasteiger partial charge in [0.05, 0.1) is 27.7 Å². The van der Waals surface area contributed by atoms with Gasteiger partial charge in [-0.2, -0.15) is 0 Å². The van der Waals surface area contributed by atoms with Crippen LogP contribution in [0.3, 0.4) is 0 Å². The van der Waals surface area contributed by atoms with E-state index in [1.807, 2.05) is 14.0 Å². The molecule has 1 N–H and O–H groups in total. The summed E-state index contributed by atoms with van der Waals surface area (Å²) in [4.78, 5) is 25.0. The predicted octanol–water partition coefficient (Wildman–Crippen LogP) is 4.69. The number of nitrogens with zero attached hydrogens (tertiary/aromatic N) is 3. The van der Waals surface area contributed by atoms with Gasteiger partial charge in [-0.3, -0.25) is 4.79 Å². The van der Waals surface area contributed by atoms with Gasteiger partial charge in [-0.25, -0.2) is 9.97 Å². The number of benzene rings is 1. The number of nitrogens with one attached hydrogen (secondary N) is 1. The van der Waals surface area contributed by atoms with Crippen molar-refractivity contribution in [3.05, 3.63) is 45.0 Å². The molecule has 5 nitrogen and oxygen atoms in total. The Labute approximate surface area is 159 Å². The molecule has 0 fully saturated rings. The fourth-order valence-corrected chi connectivity index (χ4v) is 4.02. The molecular formula is C17H16Cl2N4OS. The number of aromatic nitrogens is 2. The number of anilines is 2. The van der Waals surface area contributed by atoms with E-state index in [1.165, 1.54) is 11.2 Å². The maximum absolute atomic E-state index is 12.4. The first-order valence-electron chi connectivity index (χ1n) is 7.54. The number of hydrogen-bond acceptors (Lipinski definition) is 5. The van der Waals surface area contributed by atoms with Crippen LogP contribution < -0.4 is 10.2 Å². The molecule has 0 radical (unpaired) electrons. The normalized spacial score (nSPS) is 10.9. The van der Waals surface area contributed by atoms with Crippen molar-refractivity contribution in [2.75, 3.05) is 23.8 Å². The molecule has 2 aromatic heterocycles. The van der Waals surface area contributed by atoms with Gasteiger partial charge >= 0.3 is 0 Å². The second-order valence-electron chi connectivity index (χ2n) is 5.66. The fourth-order valence-electron chi connectivity index (χ4n) is 2.54. The Morgan fingerprint density at radius 2 is 1.92 bits per heavy atom. The second kappa shape index (κ2) is 7.15. The minimum Gasteiger partial charge on any atom is -0.350 e. The average molecular weight is 395 g/mol. The zero-order valence-electron chi connectivity index (χ0n) is 13.9. The van der Waals surface area contributed by atoms with Gasteiger partial charge in [-0.15, -0.1) is 11.3 Å². The quantitative estimate of drug-likeness (QED) is 0.696. The van der Waals surface area contributed by atoms with E-state index in [9.17, 15) is 4.79 Å². The molecule has 25 heavy (non-hydrogen) atoms. The van der Waals surface area contributed by atoms with Crippen LogP contribution in [0.2, 0.25) is 10.0 Å². The third kappa shape index (κ3) is 3.56. The summed E-state index contributed by atoms with van der Waals surface area (Å²) in [5.74, 6) is 0.501. The summed E-state index contributed by atoms with van der Waals surface area (Å²) >= 11 is 13.8. The summed E-state index contributed by atoms with van der Waals surface area (Å²) in [6.07, 6.45) is 1.52. The second-order valence-corrected chi connectivity index (χ2v) is 7.68. The number of hydrogen-bond donors (Lipinski definition) is 1. The van der Waals surface area contributed by atoms with Crippen molar-refractivity contribution in [3.63, 3.8) is 0 Å². The van der Waals surface area contributed by atoms with Gasteiger partial charge in [-0.1, -0.05) is 29.3 Å². The van der Waals surface area contributed by atoms with Crippen molar-refractivity contribution >= 4 is 62.2 Å². The maximum Gasteiger partial charge on any atom is 0.244 e. The Bertz CT molecular complexity index is 937. The standard InChI is InChI=1S/C17H16Cl2N4OS/c1-9-10(2)25-17-14(9)16(20-8-21-17)23(3)7-13(24)22-15-11(18)5-4-6-12(15)19/h4-6,8H,7H2,1-3H3,(H,22,24). The highest BCUT2D eigenvalue weighted by Gasteiger charge is 2.17. The predicted molar refractivity (Wildman–Crippen MR) is 105 cm³/mol. The summed E-state index contributed by atoms with van der Waals surface area (Å²) in [6.45, 7) is 4.21. The van der Waals surface area contributed by atoms with E-state index >= 15 is 0 Å². The maximum atomic E-state index is 12.4. The van der Waals surface area contributed by atoms with E-state index in [0.717, 1.165) is 21.6 Å². The molecule has 0 aliphatic heterocycles. The lowest BCUT2D eigenvalue weighted by Gasteiger charge is -2.19. The van der Waals surface area contributed by atoms with Gasteiger partial charge in [0.15, 0.2) is 0 Å². The van der Waals surface area contributed by atoms with Crippen LogP contribution >= 0.6 is 34.5 Å². The van der Waals surface area contributed by atoms with Crippen molar-refractivity contribution in [1.82, 2.24) is 9.97 Å². The van der Waals surface area contributed by atoms with E-state index in [2.05, 4.69) is 22.2 Å². The molecule has 0 saturated carbocycles. The average Bonchev–Trinajstić information content (AvgIpc) is 2.86. The zero-order valence-corrected chi connectivity index (χ0v) is 16.3. The van der Waals surface area contributed by atoms with Crippen molar-refractivity contribution in [2.24, 2.45) is 0 Å². The number of para-hydroxylation sites is 1. The summed E-state index contributed by atoms with van der Waals surface area (Å²) in [5, 5.41) is 4.54. The molecule has 3 aromatic rings. The number of carbonyl (C=O) groups is 1. The molecule has 0 bridgehead atoms. The molecule has 2 heterocycles. The van der Waals surface area contributed by atoms with Gasteiger partial charge in [0.1, 0.15) is 17.0 Å². The van der Waals surface area contributed by atoms with Crippen LogP contribution in [-0.4, -0.2) is 29.5 Å². The molecule has 130 valence electrons. The SMILES string of the molecule is Cc1sc2ncnc(N(C)CC(=O)Nc3c(Cl)cccc3Cl)c2c1C. The third-order valence-corrected chi connectivity index (χ3v) is 5.66. The number of thiophene rings is 1. The van der Waals surface area contributed by atoms with Crippen LogP contribution in [0, 0.1) is 13.8 Å². The first kappa shape index (κ1) is 17.9. The lowest BCUT2D eigenvalue weighted by molar-refractivity contribution is -0.114. The van der Waals surface area contributed by atoms with Crippen LogP contribution in [0.25, 0.3) is 10.2 Å². The number of carbonyl (C=O) groups excluding carboxylic acids is 1. The molecule has 0 saturated heterocycles. The van der Waals surface area contributed by atoms with Gasteiger partial charge in [0, 0.05) is 11.9 Å². The molecular weight excluding hydrogens is 379 g/mol. The first-order chi connectivity index (χ1) is 11.9. The minimum absolute atomic E-state index is 0.113. The highest BCUT2D eigenvalue weighted by atomic mass is 35.5. The molecule has 0 aliphatic carbocycles. The number of amides is 1. The number of fused-ring (bicyclic) bond motifs is 1. The Kier molecular flexibility index (Phi) is 5.13. The van der Waals surface area contributed by atoms with Crippen molar-refractivity contribution in [3.8, 4) is 0 Å². The molecule has 0 spiro atoms. The molecule has 0 aliphatic rings. The smallest absolute Gasteiger partial charge is 0.244 e. The Morgan fingerprint density at radius 3 is 2.60 bits per heavy atom. The Morgan fingerprint density at radius 1 is 1.24 bits per heavy atom. The highest BCUT2D eigenvalue weighted by molar-refractivity contribution is 7.18. The van der Waals surface area contributed by atoms with Gasteiger partial charge in [0.2, 0.25) is 5.91 Å². The molecule has 8 heteroatoms. The summed E-state index contributed by atoms with van der Waals surface area (Å²) in [7, 11) is 1.82. The summed E-state index contributed by atoms with van der Waals surface area (Å²) < 4.78 is 0. The third-order valence-electron chi connectivity index (χ3n) is 3.91. The van der Waals surface area contributed by atoms with E-state index in [0.29, 0.717) is 15.7 Å². The fraction of sp³-hybridized carbons (Fsp3) is 0.235. The first-order valence-corrected chi connectivity index (χ1v) is 9.11. The number of likely N-dealkylation sites (N-methyl/N-ethyl adjacent to an activating group) is 1. The molecule has 1 amide bonds. The van der Waals surface area contributed by atoms with Crippen molar-refractivity contribution < 1.29 is 4.79 Å². The van der Waals surface area contributed by atoms with Crippen LogP contribution in [-0.2, 0) is 4.79 Å². The van der Waals surface area contributed by atoms with E-state index < -0.39 is 0 Å². The van der Waals surface area contributed by atoms with E-state index in [1.54, 1.807) is 34.4 Å². The van der Waals surface area contributed by atoms with Crippen LogP contribution in [0.5, 0.6) is 0 Å². The van der Waals surface area contributed by atoms with E-state index in [-0.39, 0.29) is 12.5 Å². The monoisotopic (exact) mass is 394 g/mol. The number of aryl methyl sites for hydroxylation is 2. The Hall–Kier alpha value is -1.89. The van der Waals surface area contributed by atoms with E-state index in [4.69, 9.17) is 23.2 Å². The van der Waals surface area contributed by atoms with Gasteiger partial charge < -0.3 is 10.2 Å². The lowest BCUT2D eigenvalue weighted by atomic mass is 10.2. The Balaban J connectivity index is 1.83. The molecule has 3 rings (SSSR count). The molecule has 0 atom stereocenters. The van der Waals surface area contributed by atoms with Crippen molar-refractivity contribution in [1.29, 1.82) is 0 Å². The van der Waals surface area contributed by atoms with Crippen LogP contribution in [0.15, 0.2) is 24.5 Å². The zero-order chi connectivity index (χ0) is 18.1. The lowest BCUT2D eigenvalue weighted by Crippen LogP contribution is -2.31. The largest absolute Gasteiger partial charge is 0.350 e. The number of halogens is 2. The highest BCUT2D eigenvalue weighted by Crippen LogP contribution is 2.34. The summed E-state index contributed by atoms with van der Waals surface area (Å²) in [6, 6.07) is 5.09. The van der Waals surface area contributed by atoms with Crippen molar-refractivity contribution in [2.45, 2.75) is 13.8 Å². The topological polar surface area (TPSA) is 58.1 Å². The minimum atomic E-state index is -0.228.